The zero-order valence-corrected chi connectivity index (χ0v) is 8.70. The predicted molar refractivity (Wildman–Crippen MR) is 51.9 cm³/mol. The molecule has 0 aliphatic carbocycles. The lowest BCUT2D eigenvalue weighted by molar-refractivity contribution is -0.134. The Morgan fingerprint density at radius 3 is 2.14 bits per heavy atom. The van der Waals surface area contributed by atoms with Crippen molar-refractivity contribution in [1.29, 1.82) is 0 Å². The Morgan fingerprint density at radius 1 is 1.29 bits per heavy atom. The van der Waals surface area contributed by atoms with Crippen molar-refractivity contribution < 1.29 is 19.8 Å². The molecule has 2 N–H and O–H groups in total. The molecule has 0 radical (unpaired) electrons. The molecule has 0 aliphatic heterocycles. The summed E-state index contributed by atoms with van der Waals surface area (Å²) in [6.07, 6.45) is 1.60. The second-order valence-corrected chi connectivity index (χ2v) is 3.81. The van der Waals surface area contributed by atoms with Crippen LogP contribution in [0, 0.1) is 0 Å². The van der Waals surface area contributed by atoms with E-state index in [0.717, 1.165) is 6.08 Å². The number of rotatable bonds is 5. The van der Waals surface area contributed by atoms with E-state index in [4.69, 9.17) is 5.11 Å². The molecule has 4 nitrogen and oxygen atoms in total. The minimum Gasteiger partial charge on any atom is -0.478 e. The highest BCUT2D eigenvalue weighted by atomic mass is 16.4. The summed E-state index contributed by atoms with van der Waals surface area (Å²) in [6, 6.07) is 0. The van der Waals surface area contributed by atoms with Crippen LogP contribution in [0.5, 0.6) is 0 Å². The highest BCUT2D eigenvalue weighted by molar-refractivity contribution is 5.86. The van der Waals surface area contributed by atoms with Crippen LogP contribution >= 0.6 is 0 Å². The van der Waals surface area contributed by atoms with E-state index in [9.17, 15) is 14.7 Å². The minimum absolute atomic E-state index is 0.166. The fourth-order valence-corrected chi connectivity index (χ4v) is 0.900. The van der Waals surface area contributed by atoms with Crippen LogP contribution < -0.4 is 0 Å². The molecule has 0 heterocycles. The summed E-state index contributed by atoms with van der Waals surface area (Å²) >= 11 is 0. The zero-order chi connectivity index (χ0) is 11.4. The SMILES string of the molecule is C/C(=C/C(=O)O)CCC(=O)C(C)(C)O. The van der Waals surface area contributed by atoms with E-state index < -0.39 is 11.6 Å². The molecular weight excluding hydrogens is 184 g/mol. The van der Waals surface area contributed by atoms with E-state index in [0.29, 0.717) is 12.0 Å². The number of aliphatic carboxylic acids is 1. The number of ketones is 1. The van der Waals surface area contributed by atoms with Gasteiger partial charge in [-0.3, -0.25) is 4.79 Å². The van der Waals surface area contributed by atoms with Gasteiger partial charge < -0.3 is 10.2 Å². The third-order valence-corrected chi connectivity index (χ3v) is 1.80. The third-order valence-electron chi connectivity index (χ3n) is 1.80. The van der Waals surface area contributed by atoms with Crippen molar-refractivity contribution in [2.75, 3.05) is 0 Å². The van der Waals surface area contributed by atoms with Gasteiger partial charge in [0, 0.05) is 12.5 Å². The van der Waals surface area contributed by atoms with Crippen LogP contribution in [0.15, 0.2) is 11.6 Å². The first-order valence-corrected chi connectivity index (χ1v) is 4.39. The summed E-state index contributed by atoms with van der Waals surface area (Å²) in [6.45, 7) is 4.49. The minimum atomic E-state index is -1.33. The second-order valence-electron chi connectivity index (χ2n) is 3.81. The Bertz CT molecular complexity index is 258. The lowest BCUT2D eigenvalue weighted by Gasteiger charge is -2.14. The molecule has 0 unspecified atom stereocenters. The van der Waals surface area contributed by atoms with Crippen molar-refractivity contribution in [3.8, 4) is 0 Å². The lowest BCUT2D eigenvalue weighted by Crippen LogP contribution is -2.30. The van der Waals surface area contributed by atoms with Crippen LogP contribution in [0.25, 0.3) is 0 Å². The van der Waals surface area contributed by atoms with Crippen LogP contribution in [-0.2, 0) is 9.59 Å². The molecule has 0 fully saturated rings. The van der Waals surface area contributed by atoms with E-state index in [1.807, 2.05) is 0 Å². The number of carboxylic acids is 1. The molecule has 14 heavy (non-hydrogen) atoms. The molecule has 0 spiro atoms. The second kappa shape index (κ2) is 4.91. The standard InChI is InChI=1S/C10H16O4/c1-7(6-9(12)13)4-5-8(11)10(2,3)14/h6,14H,4-5H2,1-3H3,(H,12,13)/b7-6-. The fraction of sp³-hybridized carbons (Fsp3) is 0.600. The van der Waals surface area contributed by atoms with Crippen LogP contribution in [0.4, 0.5) is 0 Å². The number of hydrogen-bond donors (Lipinski definition) is 2. The summed E-state index contributed by atoms with van der Waals surface area (Å²) in [7, 11) is 0. The average Bonchev–Trinajstić information content (AvgIpc) is 1.96. The van der Waals surface area contributed by atoms with Gasteiger partial charge in [-0.25, -0.2) is 4.79 Å². The van der Waals surface area contributed by atoms with Gasteiger partial charge >= 0.3 is 5.97 Å². The molecule has 0 aromatic carbocycles. The molecule has 0 bridgehead atoms. The largest absolute Gasteiger partial charge is 0.478 e. The van der Waals surface area contributed by atoms with Crippen LogP contribution in [0.1, 0.15) is 33.6 Å². The molecular formula is C10H16O4. The normalized spacial score (nSPS) is 12.7. The molecule has 0 amide bonds. The highest BCUT2D eigenvalue weighted by Gasteiger charge is 2.22. The van der Waals surface area contributed by atoms with Crippen molar-refractivity contribution in [2.24, 2.45) is 0 Å². The maximum atomic E-state index is 11.2. The fourth-order valence-electron chi connectivity index (χ4n) is 0.900. The Labute approximate surface area is 83.2 Å². The Morgan fingerprint density at radius 2 is 1.79 bits per heavy atom. The Kier molecular flexibility index (Phi) is 4.50. The van der Waals surface area contributed by atoms with Crippen LogP contribution in [-0.4, -0.2) is 27.6 Å². The molecule has 4 heteroatoms. The van der Waals surface area contributed by atoms with Gasteiger partial charge in [-0.05, 0) is 27.2 Å². The molecule has 80 valence electrons. The number of Topliss-reactive ketones (excluding diaryl/α,β-unsaturated/α-hetero) is 1. The van der Waals surface area contributed by atoms with E-state index in [2.05, 4.69) is 0 Å². The maximum absolute atomic E-state index is 11.2. The topological polar surface area (TPSA) is 74.6 Å². The van der Waals surface area contributed by atoms with Crippen molar-refractivity contribution in [1.82, 2.24) is 0 Å². The summed E-state index contributed by atoms with van der Waals surface area (Å²) < 4.78 is 0. The van der Waals surface area contributed by atoms with E-state index in [1.54, 1.807) is 6.92 Å². The van der Waals surface area contributed by atoms with Gasteiger partial charge in [-0.15, -0.1) is 0 Å². The summed E-state index contributed by atoms with van der Waals surface area (Å²) in [4.78, 5) is 21.5. The van der Waals surface area contributed by atoms with Gasteiger partial charge in [-0.1, -0.05) is 5.57 Å². The van der Waals surface area contributed by atoms with Crippen LogP contribution in [0.3, 0.4) is 0 Å². The molecule has 0 saturated carbocycles. The Balaban J connectivity index is 4.08. The number of carbonyl (C=O) groups is 2. The molecule has 0 rings (SSSR count). The summed E-state index contributed by atoms with van der Waals surface area (Å²) in [5.41, 5.74) is -0.709. The van der Waals surface area contributed by atoms with Gasteiger partial charge in [0.15, 0.2) is 5.78 Å². The van der Waals surface area contributed by atoms with E-state index in [-0.39, 0.29) is 12.2 Å². The molecule has 0 saturated heterocycles. The Hall–Kier alpha value is -1.16. The first-order valence-electron chi connectivity index (χ1n) is 4.39. The lowest BCUT2D eigenvalue weighted by atomic mass is 9.98. The zero-order valence-electron chi connectivity index (χ0n) is 8.70. The molecule has 0 atom stereocenters. The highest BCUT2D eigenvalue weighted by Crippen LogP contribution is 2.11. The maximum Gasteiger partial charge on any atom is 0.328 e. The van der Waals surface area contributed by atoms with Crippen LogP contribution in [0.2, 0.25) is 0 Å². The number of aliphatic hydroxyl groups is 1. The van der Waals surface area contributed by atoms with E-state index >= 15 is 0 Å². The van der Waals surface area contributed by atoms with Crippen molar-refractivity contribution in [2.45, 2.75) is 39.2 Å². The average molecular weight is 200 g/mol. The van der Waals surface area contributed by atoms with Gasteiger partial charge in [0.1, 0.15) is 5.60 Å². The van der Waals surface area contributed by atoms with Crippen molar-refractivity contribution in [3.63, 3.8) is 0 Å². The van der Waals surface area contributed by atoms with Gasteiger partial charge in [0.2, 0.25) is 0 Å². The smallest absolute Gasteiger partial charge is 0.328 e. The quantitative estimate of drug-likeness (QED) is 0.652. The molecule has 0 aromatic rings. The summed E-state index contributed by atoms with van der Waals surface area (Å²) in [5, 5.41) is 17.7. The van der Waals surface area contributed by atoms with Gasteiger partial charge in [0.05, 0.1) is 0 Å². The molecule has 0 aliphatic rings. The first-order chi connectivity index (χ1) is 6.23. The number of carbonyl (C=O) groups excluding carboxylic acids is 1. The first kappa shape index (κ1) is 12.8. The van der Waals surface area contributed by atoms with Gasteiger partial charge in [-0.2, -0.15) is 0 Å². The van der Waals surface area contributed by atoms with Crippen molar-refractivity contribution >= 4 is 11.8 Å². The number of carboxylic acid groups (broad SMARTS) is 1. The summed E-state index contributed by atoms with van der Waals surface area (Å²) in [5.74, 6) is -1.30. The number of allylic oxidation sites excluding steroid dienone is 1. The van der Waals surface area contributed by atoms with Crippen molar-refractivity contribution in [3.05, 3.63) is 11.6 Å². The predicted octanol–water partition coefficient (Wildman–Crippen LogP) is 1.14. The third kappa shape index (κ3) is 5.48. The van der Waals surface area contributed by atoms with Gasteiger partial charge in [0.25, 0.3) is 0 Å². The monoisotopic (exact) mass is 200 g/mol. The molecule has 0 aromatic heterocycles. The number of hydrogen-bond acceptors (Lipinski definition) is 3. The van der Waals surface area contributed by atoms with E-state index in [1.165, 1.54) is 13.8 Å².